The molecule has 0 saturated carbocycles. The van der Waals surface area contributed by atoms with E-state index < -0.39 is 0 Å². The monoisotopic (exact) mass is 212 g/mol. The van der Waals surface area contributed by atoms with Crippen LogP contribution in [0.25, 0.3) is 0 Å². The van der Waals surface area contributed by atoms with Crippen LogP contribution in [0, 0.1) is 19.8 Å². The first kappa shape index (κ1) is 11.7. The second-order valence-electron chi connectivity index (χ2n) is 4.26. The quantitative estimate of drug-likeness (QED) is 0.832. The average Bonchev–Trinajstić information content (AvgIpc) is 2.41. The lowest BCUT2D eigenvalue weighted by Gasteiger charge is -2.11. The Balaban J connectivity index is 2.60. The largest absolute Gasteiger partial charge is 0.323 e. The van der Waals surface area contributed by atoms with Crippen LogP contribution in [-0.2, 0) is 0 Å². The highest BCUT2D eigenvalue weighted by molar-refractivity contribution is 7.11. The number of aryl methyl sites for hydroxylation is 2. The predicted molar refractivity (Wildman–Crippen MR) is 62.6 cm³/mol. The summed E-state index contributed by atoms with van der Waals surface area (Å²) in [5, 5.41) is 1.12. The van der Waals surface area contributed by atoms with E-state index in [0.717, 1.165) is 23.0 Å². The van der Waals surface area contributed by atoms with E-state index >= 15 is 0 Å². The van der Waals surface area contributed by atoms with Crippen LogP contribution in [0.2, 0.25) is 0 Å². The standard InChI is InChI=1S/C11H20N2S/c1-7(2)5-6-10(12)11-8(3)13-9(4)14-11/h7,10H,5-6,12H2,1-4H3. The van der Waals surface area contributed by atoms with Crippen molar-refractivity contribution >= 4 is 11.3 Å². The van der Waals surface area contributed by atoms with E-state index in [2.05, 4.69) is 18.8 Å². The lowest BCUT2D eigenvalue weighted by molar-refractivity contribution is 0.509. The highest BCUT2D eigenvalue weighted by atomic mass is 32.1. The van der Waals surface area contributed by atoms with E-state index in [0.29, 0.717) is 0 Å². The molecule has 0 spiro atoms. The third-order valence-corrected chi connectivity index (χ3v) is 3.54. The number of nitrogens with two attached hydrogens (primary N) is 1. The van der Waals surface area contributed by atoms with Gasteiger partial charge < -0.3 is 5.73 Å². The molecule has 0 bridgehead atoms. The fraction of sp³-hybridized carbons (Fsp3) is 0.727. The van der Waals surface area contributed by atoms with E-state index in [4.69, 9.17) is 5.73 Å². The van der Waals surface area contributed by atoms with Gasteiger partial charge in [0.05, 0.1) is 10.7 Å². The predicted octanol–water partition coefficient (Wildman–Crippen LogP) is 3.20. The molecule has 0 aliphatic carbocycles. The number of rotatable bonds is 4. The minimum absolute atomic E-state index is 0.184. The van der Waals surface area contributed by atoms with Gasteiger partial charge in [-0.1, -0.05) is 13.8 Å². The highest BCUT2D eigenvalue weighted by Gasteiger charge is 2.13. The Morgan fingerprint density at radius 1 is 1.29 bits per heavy atom. The van der Waals surface area contributed by atoms with Gasteiger partial charge in [-0.2, -0.15) is 0 Å². The summed E-state index contributed by atoms with van der Waals surface area (Å²) >= 11 is 1.74. The molecule has 0 saturated heterocycles. The molecule has 0 radical (unpaired) electrons. The van der Waals surface area contributed by atoms with Crippen molar-refractivity contribution in [2.75, 3.05) is 0 Å². The van der Waals surface area contributed by atoms with Gasteiger partial charge in [0.25, 0.3) is 0 Å². The van der Waals surface area contributed by atoms with Crippen molar-refractivity contribution in [2.45, 2.75) is 46.6 Å². The average molecular weight is 212 g/mol. The van der Waals surface area contributed by atoms with Gasteiger partial charge in [0.1, 0.15) is 0 Å². The Bertz CT molecular complexity index is 291. The molecule has 3 heteroatoms. The number of hydrogen-bond acceptors (Lipinski definition) is 3. The van der Waals surface area contributed by atoms with Crippen molar-refractivity contribution in [3.05, 3.63) is 15.6 Å². The van der Waals surface area contributed by atoms with Crippen LogP contribution in [0.5, 0.6) is 0 Å². The molecule has 1 rings (SSSR count). The topological polar surface area (TPSA) is 38.9 Å². The Labute approximate surface area is 90.6 Å². The molecule has 80 valence electrons. The van der Waals surface area contributed by atoms with Crippen LogP contribution in [0.4, 0.5) is 0 Å². The molecule has 1 atom stereocenters. The lowest BCUT2D eigenvalue weighted by atomic mass is 10.0. The Kier molecular flexibility index (Phi) is 4.08. The fourth-order valence-electron chi connectivity index (χ4n) is 1.54. The minimum atomic E-state index is 0.184. The molecule has 14 heavy (non-hydrogen) atoms. The van der Waals surface area contributed by atoms with Crippen LogP contribution in [0.3, 0.4) is 0 Å². The van der Waals surface area contributed by atoms with Gasteiger partial charge >= 0.3 is 0 Å². The fourth-order valence-corrected chi connectivity index (χ4v) is 2.50. The van der Waals surface area contributed by atoms with Gasteiger partial charge in [-0.15, -0.1) is 11.3 Å². The van der Waals surface area contributed by atoms with E-state index in [1.165, 1.54) is 11.3 Å². The van der Waals surface area contributed by atoms with Gasteiger partial charge in [0.2, 0.25) is 0 Å². The maximum absolute atomic E-state index is 6.13. The molecule has 1 heterocycles. The summed E-state index contributed by atoms with van der Waals surface area (Å²) in [6.45, 7) is 8.55. The smallest absolute Gasteiger partial charge is 0.0900 e. The maximum Gasteiger partial charge on any atom is 0.0900 e. The third kappa shape index (κ3) is 3.07. The highest BCUT2D eigenvalue weighted by Crippen LogP contribution is 2.26. The van der Waals surface area contributed by atoms with Gasteiger partial charge in [-0.3, -0.25) is 0 Å². The van der Waals surface area contributed by atoms with Crippen molar-refractivity contribution in [1.29, 1.82) is 0 Å². The van der Waals surface area contributed by atoms with Gasteiger partial charge in [0.15, 0.2) is 0 Å². The van der Waals surface area contributed by atoms with Crippen LogP contribution in [0.15, 0.2) is 0 Å². The molecule has 0 aromatic carbocycles. The number of nitrogens with zero attached hydrogens (tertiary/aromatic N) is 1. The summed E-state index contributed by atoms with van der Waals surface area (Å²) in [6.07, 6.45) is 2.26. The lowest BCUT2D eigenvalue weighted by Crippen LogP contribution is -2.10. The molecule has 2 N–H and O–H groups in total. The van der Waals surface area contributed by atoms with Crippen LogP contribution >= 0.6 is 11.3 Å². The Morgan fingerprint density at radius 2 is 1.93 bits per heavy atom. The zero-order valence-electron chi connectivity index (χ0n) is 9.50. The molecule has 2 nitrogen and oxygen atoms in total. The number of hydrogen-bond donors (Lipinski definition) is 1. The first-order valence-electron chi connectivity index (χ1n) is 5.20. The zero-order valence-corrected chi connectivity index (χ0v) is 10.3. The van der Waals surface area contributed by atoms with Gasteiger partial charge in [0, 0.05) is 10.9 Å². The number of thiazole rings is 1. The molecular weight excluding hydrogens is 192 g/mol. The van der Waals surface area contributed by atoms with E-state index in [1.54, 1.807) is 11.3 Å². The first-order chi connectivity index (χ1) is 6.50. The summed E-state index contributed by atoms with van der Waals surface area (Å²) in [7, 11) is 0. The molecule has 1 unspecified atom stereocenters. The van der Waals surface area contributed by atoms with Crippen LogP contribution in [-0.4, -0.2) is 4.98 Å². The molecule has 0 amide bonds. The van der Waals surface area contributed by atoms with Crippen molar-refractivity contribution in [2.24, 2.45) is 11.7 Å². The van der Waals surface area contributed by atoms with Gasteiger partial charge in [-0.25, -0.2) is 4.98 Å². The van der Waals surface area contributed by atoms with E-state index in [1.807, 2.05) is 13.8 Å². The minimum Gasteiger partial charge on any atom is -0.323 e. The molecule has 0 aliphatic heterocycles. The zero-order chi connectivity index (χ0) is 10.7. The molecule has 0 fully saturated rings. The second kappa shape index (κ2) is 4.89. The van der Waals surface area contributed by atoms with Crippen molar-refractivity contribution in [3.63, 3.8) is 0 Å². The molecule has 1 aromatic rings. The van der Waals surface area contributed by atoms with Crippen molar-refractivity contribution in [3.8, 4) is 0 Å². The van der Waals surface area contributed by atoms with Crippen molar-refractivity contribution < 1.29 is 0 Å². The molecular formula is C11H20N2S. The SMILES string of the molecule is Cc1nc(C)c(C(N)CCC(C)C)s1. The summed E-state index contributed by atoms with van der Waals surface area (Å²) in [5.41, 5.74) is 7.24. The van der Waals surface area contributed by atoms with Crippen LogP contribution < -0.4 is 5.73 Å². The normalized spacial score (nSPS) is 13.6. The Morgan fingerprint density at radius 3 is 2.36 bits per heavy atom. The number of aromatic nitrogens is 1. The van der Waals surface area contributed by atoms with Crippen LogP contribution in [0.1, 0.15) is 48.3 Å². The molecule has 0 aliphatic rings. The Hall–Kier alpha value is -0.410. The summed E-state index contributed by atoms with van der Waals surface area (Å²) in [5.74, 6) is 0.732. The summed E-state index contributed by atoms with van der Waals surface area (Å²) < 4.78 is 0. The third-order valence-electron chi connectivity index (χ3n) is 2.33. The van der Waals surface area contributed by atoms with E-state index in [9.17, 15) is 0 Å². The maximum atomic E-state index is 6.13. The first-order valence-corrected chi connectivity index (χ1v) is 6.02. The van der Waals surface area contributed by atoms with Gasteiger partial charge in [-0.05, 0) is 32.6 Å². The summed E-state index contributed by atoms with van der Waals surface area (Å²) in [6, 6.07) is 0.184. The second-order valence-corrected chi connectivity index (χ2v) is 5.50. The summed E-state index contributed by atoms with van der Waals surface area (Å²) in [4.78, 5) is 5.66. The van der Waals surface area contributed by atoms with Crippen molar-refractivity contribution in [1.82, 2.24) is 4.98 Å². The molecule has 1 aromatic heterocycles. The van der Waals surface area contributed by atoms with E-state index in [-0.39, 0.29) is 6.04 Å².